The van der Waals surface area contributed by atoms with E-state index in [0.717, 1.165) is 114 Å². The van der Waals surface area contributed by atoms with Crippen molar-refractivity contribution in [2.75, 3.05) is 39.6 Å². The molecule has 0 heterocycles. The number of aliphatic hydroxyl groups excluding tert-OH is 1. The number of carbonyl (C=O) groups excluding carboxylic acids is 4. The Balaban J connectivity index is 5.12. The molecule has 0 radical (unpaired) electrons. The molecule has 0 amide bonds. The zero-order valence-electron chi connectivity index (χ0n) is 65.7. The van der Waals surface area contributed by atoms with E-state index in [1.807, 2.05) is 0 Å². The third kappa shape index (κ3) is 71.7. The molecule has 594 valence electrons. The van der Waals surface area contributed by atoms with Gasteiger partial charge in [-0.15, -0.1) is 0 Å². The van der Waals surface area contributed by atoms with E-state index >= 15 is 0 Å². The number of esters is 4. The van der Waals surface area contributed by atoms with Crippen molar-refractivity contribution in [2.45, 2.75) is 439 Å². The van der Waals surface area contributed by atoms with Gasteiger partial charge in [-0.3, -0.25) is 37.3 Å². The summed E-state index contributed by atoms with van der Waals surface area (Å²) < 4.78 is 68.5. The largest absolute Gasteiger partial charge is 0.472 e. The van der Waals surface area contributed by atoms with Gasteiger partial charge in [-0.1, -0.05) is 370 Å². The van der Waals surface area contributed by atoms with Gasteiger partial charge in [0.15, 0.2) is 12.2 Å². The molecule has 0 aromatic carbocycles. The molecule has 0 bridgehead atoms. The number of aliphatic hydroxyl groups is 1. The van der Waals surface area contributed by atoms with Crippen molar-refractivity contribution in [2.24, 2.45) is 17.8 Å². The molecular weight excluding hydrogens is 1310 g/mol. The SMILES string of the molecule is CCCCCCCC(=O)OC[C@H](COP(=O)(O)OC[C@H](O)COP(=O)(O)OC[C@@H](COC(=O)CCCCCCCCCCCCCCCCCCC(C)C)OC(=O)CCCCCCCCCCCCCCCCCCCCC(C)CC)OC(=O)CCCCCCCCCCCCC(C)CC. The molecule has 100 heavy (non-hydrogen) atoms. The van der Waals surface area contributed by atoms with Crippen LogP contribution in [0, 0.1) is 17.8 Å². The Kier molecular flexibility index (Phi) is 69.9. The zero-order chi connectivity index (χ0) is 73.7. The van der Waals surface area contributed by atoms with Crippen molar-refractivity contribution < 1.29 is 80.2 Å². The second kappa shape index (κ2) is 71.3. The molecule has 0 aromatic rings. The van der Waals surface area contributed by atoms with Gasteiger partial charge in [0, 0.05) is 25.7 Å². The van der Waals surface area contributed by atoms with Gasteiger partial charge in [0.2, 0.25) is 0 Å². The number of hydrogen-bond donors (Lipinski definition) is 3. The third-order valence-electron chi connectivity index (χ3n) is 19.6. The summed E-state index contributed by atoms with van der Waals surface area (Å²) in [7, 11) is -9.91. The molecule has 0 aliphatic rings. The van der Waals surface area contributed by atoms with E-state index in [2.05, 4.69) is 48.5 Å². The summed E-state index contributed by atoms with van der Waals surface area (Å²) in [5.74, 6) is 0.364. The highest BCUT2D eigenvalue weighted by Crippen LogP contribution is 2.45. The smallest absolute Gasteiger partial charge is 0.462 e. The Morgan fingerprint density at radius 3 is 0.760 bits per heavy atom. The van der Waals surface area contributed by atoms with Crippen LogP contribution in [0.1, 0.15) is 421 Å². The van der Waals surface area contributed by atoms with E-state index in [0.29, 0.717) is 25.7 Å². The predicted octanol–water partition coefficient (Wildman–Crippen LogP) is 24.1. The molecular formula is C81H158O17P2. The fourth-order valence-electron chi connectivity index (χ4n) is 12.4. The molecule has 4 unspecified atom stereocenters. The van der Waals surface area contributed by atoms with Crippen molar-refractivity contribution >= 4 is 39.5 Å². The maximum absolute atomic E-state index is 13.1. The minimum atomic E-state index is -4.96. The molecule has 0 aliphatic heterocycles. The number of ether oxygens (including phenoxy) is 4. The highest BCUT2D eigenvalue weighted by atomic mass is 31.2. The van der Waals surface area contributed by atoms with Gasteiger partial charge in [-0.05, 0) is 43.4 Å². The Morgan fingerprint density at radius 2 is 0.510 bits per heavy atom. The lowest BCUT2D eigenvalue weighted by Crippen LogP contribution is -2.30. The molecule has 3 N–H and O–H groups in total. The highest BCUT2D eigenvalue weighted by Gasteiger charge is 2.30. The molecule has 0 spiro atoms. The maximum Gasteiger partial charge on any atom is 0.472 e. The van der Waals surface area contributed by atoms with Crippen LogP contribution >= 0.6 is 15.6 Å². The number of carbonyl (C=O) groups is 4. The van der Waals surface area contributed by atoms with Gasteiger partial charge in [0.1, 0.15) is 19.3 Å². The third-order valence-corrected chi connectivity index (χ3v) is 21.5. The van der Waals surface area contributed by atoms with Gasteiger partial charge in [-0.2, -0.15) is 0 Å². The minimum Gasteiger partial charge on any atom is -0.462 e. The fraction of sp³-hybridized carbons (Fsp3) is 0.951. The molecule has 0 saturated carbocycles. The average molecular weight is 1470 g/mol. The molecule has 0 rings (SSSR count). The lowest BCUT2D eigenvalue weighted by Gasteiger charge is -2.21. The van der Waals surface area contributed by atoms with E-state index in [1.54, 1.807) is 0 Å². The fourth-order valence-corrected chi connectivity index (χ4v) is 14.0. The van der Waals surface area contributed by atoms with Crippen LogP contribution in [0.2, 0.25) is 0 Å². The normalized spacial score (nSPS) is 14.5. The van der Waals surface area contributed by atoms with Gasteiger partial charge in [0.05, 0.1) is 26.4 Å². The second-order valence-corrected chi connectivity index (χ2v) is 33.0. The number of hydrogen-bond acceptors (Lipinski definition) is 15. The van der Waals surface area contributed by atoms with Gasteiger partial charge in [-0.25, -0.2) is 9.13 Å². The molecule has 17 nitrogen and oxygen atoms in total. The predicted molar refractivity (Wildman–Crippen MR) is 409 cm³/mol. The average Bonchev–Trinajstić information content (AvgIpc) is 0.955. The zero-order valence-corrected chi connectivity index (χ0v) is 67.5. The summed E-state index contributed by atoms with van der Waals surface area (Å²) in [5.41, 5.74) is 0. The Morgan fingerprint density at radius 1 is 0.290 bits per heavy atom. The lowest BCUT2D eigenvalue weighted by molar-refractivity contribution is -0.161. The van der Waals surface area contributed by atoms with Crippen molar-refractivity contribution in [3.05, 3.63) is 0 Å². The van der Waals surface area contributed by atoms with Crippen molar-refractivity contribution in [3.63, 3.8) is 0 Å². The summed E-state index contributed by atoms with van der Waals surface area (Å²) >= 11 is 0. The summed E-state index contributed by atoms with van der Waals surface area (Å²) in [4.78, 5) is 72.7. The minimum absolute atomic E-state index is 0.105. The Bertz CT molecular complexity index is 1940. The maximum atomic E-state index is 13.1. The molecule has 0 fully saturated rings. The van der Waals surface area contributed by atoms with Crippen LogP contribution in [0.4, 0.5) is 0 Å². The standard InChI is InChI=1S/C81H158O17P2/c1-8-11-12-45-55-62-78(83)91-68-76(97-80(85)65-58-51-44-38-32-31-35-41-48-54-61-74(7)10-3)70-95-99(87,88)93-66-75(82)67-94-100(89,90)96-71-77(69-92-79(84)63-56-49-42-36-29-25-21-18-17-19-23-27-33-39-46-52-59-72(4)5)98-81(86)64-57-50-43-37-30-26-22-16-14-13-15-20-24-28-34-40-47-53-60-73(6)9-2/h72-77,82H,8-71H2,1-7H3,(H,87,88)(H,89,90)/t73?,74?,75-,76+,77+/m0/s1. The van der Waals surface area contributed by atoms with E-state index in [4.69, 9.17) is 37.0 Å². The van der Waals surface area contributed by atoms with E-state index in [-0.39, 0.29) is 25.7 Å². The van der Waals surface area contributed by atoms with Gasteiger partial charge < -0.3 is 33.8 Å². The van der Waals surface area contributed by atoms with Gasteiger partial charge in [0.25, 0.3) is 0 Å². The number of phosphoric ester groups is 2. The first kappa shape index (κ1) is 98.1. The molecule has 7 atom stereocenters. The molecule has 0 saturated heterocycles. The number of unbranched alkanes of at least 4 members (excludes halogenated alkanes) is 45. The van der Waals surface area contributed by atoms with Gasteiger partial charge >= 0.3 is 39.5 Å². The van der Waals surface area contributed by atoms with Crippen LogP contribution in [-0.4, -0.2) is 96.7 Å². The number of phosphoric acid groups is 2. The van der Waals surface area contributed by atoms with Crippen LogP contribution in [0.3, 0.4) is 0 Å². The first-order valence-corrected chi connectivity index (χ1v) is 44.9. The monoisotopic (exact) mass is 1470 g/mol. The van der Waals surface area contributed by atoms with Crippen LogP contribution in [0.25, 0.3) is 0 Å². The van der Waals surface area contributed by atoms with Crippen molar-refractivity contribution in [3.8, 4) is 0 Å². The van der Waals surface area contributed by atoms with Crippen molar-refractivity contribution in [1.82, 2.24) is 0 Å². The van der Waals surface area contributed by atoms with Crippen LogP contribution < -0.4 is 0 Å². The highest BCUT2D eigenvalue weighted by molar-refractivity contribution is 7.47. The van der Waals surface area contributed by atoms with Crippen LogP contribution in [0.15, 0.2) is 0 Å². The molecule has 19 heteroatoms. The lowest BCUT2D eigenvalue weighted by atomic mass is 9.99. The molecule has 0 aromatic heterocycles. The molecule has 0 aliphatic carbocycles. The number of rotatable bonds is 79. The second-order valence-electron chi connectivity index (χ2n) is 30.1. The Hall–Kier alpha value is -1.94. The summed E-state index contributed by atoms with van der Waals surface area (Å²) in [6.45, 7) is 12.0. The first-order valence-electron chi connectivity index (χ1n) is 41.9. The van der Waals surface area contributed by atoms with E-state index < -0.39 is 97.5 Å². The van der Waals surface area contributed by atoms with E-state index in [9.17, 15) is 43.2 Å². The van der Waals surface area contributed by atoms with E-state index in [1.165, 1.54) is 225 Å². The summed E-state index contributed by atoms with van der Waals surface area (Å²) in [6, 6.07) is 0. The summed E-state index contributed by atoms with van der Waals surface area (Å²) in [5, 5.41) is 10.6. The van der Waals surface area contributed by atoms with Crippen LogP contribution in [-0.2, 0) is 65.4 Å². The van der Waals surface area contributed by atoms with Crippen LogP contribution in [0.5, 0.6) is 0 Å². The topological polar surface area (TPSA) is 237 Å². The summed E-state index contributed by atoms with van der Waals surface area (Å²) in [6.07, 6.45) is 60.1. The quantitative estimate of drug-likeness (QED) is 0.0222. The van der Waals surface area contributed by atoms with Crippen molar-refractivity contribution in [1.29, 1.82) is 0 Å². The Labute approximate surface area is 613 Å². The first-order chi connectivity index (χ1) is 48.3.